The van der Waals surface area contributed by atoms with Gasteiger partial charge < -0.3 is 14.8 Å². The van der Waals surface area contributed by atoms with Crippen LogP contribution in [0, 0.1) is 5.82 Å². The van der Waals surface area contributed by atoms with Gasteiger partial charge >= 0.3 is 12.0 Å². The Balaban J connectivity index is 2.23. The molecule has 1 heterocycles. The van der Waals surface area contributed by atoms with Crippen LogP contribution in [0.15, 0.2) is 22.7 Å². The molecule has 0 saturated heterocycles. The molecule has 0 radical (unpaired) electrons. The summed E-state index contributed by atoms with van der Waals surface area (Å²) in [5.41, 5.74) is 0. The fourth-order valence-electron chi connectivity index (χ4n) is 1.40. The molecule has 0 spiro atoms. The number of hydrogen-bond donors (Lipinski definition) is 1. The first kappa shape index (κ1) is 15.4. The Bertz CT molecular complexity index is 627. The average Bonchev–Trinajstić information content (AvgIpc) is 2.48. The van der Waals surface area contributed by atoms with Gasteiger partial charge in [0.15, 0.2) is 0 Å². The zero-order valence-corrected chi connectivity index (χ0v) is 13.1. The van der Waals surface area contributed by atoms with Gasteiger partial charge in [0.25, 0.3) is 0 Å². The Hall–Kier alpha value is -1.96. The number of halogens is 2. The first-order valence-corrected chi connectivity index (χ1v) is 7.11. The van der Waals surface area contributed by atoms with E-state index in [0.29, 0.717) is 17.0 Å². The summed E-state index contributed by atoms with van der Waals surface area (Å²) >= 11 is 3.08. The molecule has 1 N–H and O–H groups in total. The standard InChI is InChI=1S/C13H14BrFN4O2/c1-3-6-20-12-17-11(16-2)18-13(19-12)21-8-4-5-9(14)10(15)7-8/h4-5,7H,3,6H2,1-2H3,(H,16,17,18,19). The SMILES string of the molecule is CCCOc1nc(NC)nc(Oc2ccc(Br)c(F)c2)n1. The lowest BCUT2D eigenvalue weighted by Gasteiger charge is -2.08. The largest absolute Gasteiger partial charge is 0.463 e. The van der Waals surface area contributed by atoms with Gasteiger partial charge in [0, 0.05) is 13.1 Å². The van der Waals surface area contributed by atoms with E-state index < -0.39 is 5.82 Å². The first-order valence-electron chi connectivity index (χ1n) is 6.32. The quantitative estimate of drug-likeness (QED) is 0.855. The van der Waals surface area contributed by atoms with Crippen LogP contribution < -0.4 is 14.8 Å². The fraction of sp³-hybridized carbons (Fsp3) is 0.308. The normalized spacial score (nSPS) is 10.3. The number of aromatic nitrogens is 3. The van der Waals surface area contributed by atoms with Crippen molar-refractivity contribution in [2.24, 2.45) is 0 Å². The highest BCUT2D eigenvalue weighted by Gasteiger charge is 2.10. The van der Waals surface area contributed by atoms with Gasteiger partial charge in [0.1, 0.15) is 11.6 Å². The molecular formula is C13H14BrFN4O2. The summed E-state index contributed by atoms with van der Waals surface area (Å²) in [7, 11) is 1.67. The lowest BCUT2D eigenvalue weighted by Crippen LogP contribution is -2.06. The third-order valence-electron chi connectivity index (χ3n) is 2.35. The second-order valence-electron chi connectivity index (χ2n) is 4.00. The van der Waals surface area contributed by atoms with Gasteiger partial charge in [-0.25, -0.2) is 4.39 Å². The Labute approximate surface area is 129 Å². The van der Waals surface area contributed by atoms with Crippen LogP contribution in [-0.4, -0.2) is 28.6 Å². The van der Waals surface area contributed by atoms with Crippen molar-refractivity contribution in [2.75, 3.05) is 19.0 Å². The van der Waals surface area contributed by atoms with Gasteiger partial charge in [-0.2, -0.15) is 9.97 Å². The van der Waals surface area contributed by atoms with Crippen LogP contribution in [-0.2, 0) is 0 Å². The van der Waals surface area contributed by atoms with Gasteiger partial charge in [-0.15, -0.1) is 4.98 Å². The summed E-state index contributed by atoms with van der Waals surface area (Å²) in [6.07, 6.45) is 0.828. The van der Waals surface area contributed by atoms with Crippen molar-refractivity contribution in [1.29, 1.82) is 0 Å². The van der Waals surface area contributed by atoms with Crippen LogP contribution >= 0.6 is 15.9 Å². The van der Waals surface area contributed by atoms with Gasteiger partial charge in [0.2, 0.25) is 5.95 Å². The highest BCUT2D eigenvalue weighted by molar-refractivity contribution is 9.10. The lowest BCUT2D eigenvalue weighted by molar-refractivity contribution is 0.285. The van der Waals surface area contributed by atoms with E-state index >= 15 is 0 Å². The molecule has 1 aromatic heterocycles. The molecule has 1 aromatic carbocycles. The molecule has 0 atom stereocenters. The maximum Gasteiger partial charge on any atom is 0.330 e. The Kier molecular flexibility index (Phi) is 5.26. The summed E-state index contributed by atoms with van der Waals surface area (Å²) in [6, 6.07) is 4.56. The number of hydrogen-bond acceptors (Lipinski definition) is 6. The molecule has 0 saturated carbocycles. The molecule has 21 heavy (non-hydrogen) atoms. The van der Waals surface area contributed by atoms with Crippen LogP contribution in [0.1, 0.15) is 13.3 Å². The highest BCUT2D eigenvalue weighted by atomic mass is 79.9. The second kappa shape index (κ2) is 7.16. The van der Waals surface area contributed by atoms with Gasteiger partial charge in [-0.05, 0) is 34.5 Å². The average molecular weight is 357 g/mol. The first-order chi connectivity index (χ1) is 10.1. The minimum atomic E-state index is -0.433. The van der Waals surface area contributed by atoms with Crippen LogP contribution in [0.3, 0.4) is 0 Å². The molecule has 0 aliphatic heterocycles. The third-order valence-corrected chi connectivity index (χ3v) is 3.00. The summed E-state index contributed by atoms with van der Waals surface area (Å²) < 4.78 is 24.6. The molecule has 112 valence electrons. The predicted octanol–water partition coefficient (Wildman–Crippen LogP) is 3.40. The van der Waals surface area contributed by atoms with Crippen molar-refractivity contribution in [3.8, 4) is 17.8 Å². The van der Waals surface area contributed by atoms with Crippen molar-refractivity contribution in [2.45, 2.75) is 13.3 Å². The zero-order chi connectivity index (χ0) is 15.2. The number of nitrogens with zero attached hydrogens (tertiary/aromatic N) is 3. The van der Waals surface area contributed by atoms with Crippen LogP contribution in [0.5, 0.6) is 17.8 Å². The maximum absolute atomic E-state index is 13.5. The van der Waals surface area contributed by atoms with E-state index in [4.69, 9.17) is 9.47 Å². The van der Waals surface area contributed by atoms with Crippen LogP contribution in [0.25, 0.3) is 0 Å². The number of benzene rings is 1. The maximum atomic E-state index is 13.5. The van der Waals surface area contributed by atoms with E-state index in [9.17, 15) is 4.39 Å². The Morgan fingerprint density at radius 2 is 2.00 bits per heavy atom. The molecule has 2 rings (SSSR count). The summed E-state index contributed by atoms with van der Waals surface area (Å²) in [5.74, 6) is 0.159. The predicted molar refractivity (Wildman–Crippen MR) is 79.3 cm³/mol. The van der Waals surface area contributed by atoms with E-state index in [1.807, 2.05) is 6.92 Å². The second-order valence-corrected chi connectivity index (χ2v) is 4.85. The Morgan fingerprint density at radius 3 is 2.67 bits per heavy atom. The van der Waals surface area contributed by atoms with Gasteiger partial charge in [-0.3, -0.25) is 0 Å². The van der Waals surface area contributed by atoms with E-state index in [2.05, 4.69) is 36.2 Å². The van der Waals surface area contributed by atoms with E-state index in [1.165, 1.54) is 6.07 Å². The van der Waals surface area contributed by atoms with Crippen LogP contribution in [0.4, 0.5) is 10.3 Å². The van der Waals surface area contributed by atoms with Crippen molar-refractivity contribution in [3.63, 3.8) is 0 Å². The van der Waals surface area contributed by atoms with Gasteiger partial charge in [0.05, 0.1) is 11.1 Å². The number of nitrogens with one attached hydrogen (secondary N) is 1. The number of anilines is 1. The topological polar surface area (TPSA) is 69.2 Å². The molecule has 8 heteroatoms. The Morgan fingerprint density at radius 1 is 1.24 bits per heavy atom. The minimum Gasteiger partial charge on any atom is -0.463 e. The molecule has 6 nitrogen and oxygen atoms in total. The van der Waals surface area contributed by atoms with Crippen molar-refractivity contribution in [3.05, 3.63) is 28.5 Å². The molecule has 0 fully saturated rings. The van der Waals surface area contributed by atoms with E-state index in [0.717, 1.165) is 6.42 Å². The fourth-order valence-corrected chi connectivity index (χ4v) is 1.65. The lowest BCUT2D eigenvalue weighted by atomic mass is 10.3. The van der Waals surface area contributed by atoms with Crippen molar-refractivity contribution < 1.29 is 13.9 Å². The van der Waals surface area contributed by atoms with Gasteiger partial charge in [-0.1, -0.05) is 6.92 Å². The summed E-state index contributed by atoms with van der Waals surface area (Å²) in [6.45, 7) is 2.46. The van der Waals surface area contributed by atoms with E-state index in [-0.39, 0.29) is 17.8 Å². The molecule has 0 amide bonds. The zero-order valence-electron chi connectivity index (χ0n) is 11.6. The number of ether oxygens (including phenoxy) is 2. The third kappa shape index (κ3) is 4.25. The molecule has 0 aliphatic carbocycles. The van der Waals surface area contributed by atoms with Crippen LogP contribution in [0.2, 0.25) is 0 Å². The van der Waals surface area contributed by atoms with Crippen molar-refractivity contribution in [1.82, 2.24) is 15.0 Å². The van der Waals surface area contributed by atoms with Crippen molar-refractivity contribution >= 4 is 21.9 Å². The monoisotopic (exact) mass is 356 g/mol. The smallest absolute Gasteiger partial charge is 0.330 e. The minimum absolute atomic E-state index is 0.0298. The highest BCUT2D eigenvalue weighted by Crippen LogP contribution is 2.25. The summed E-state index contributed by atoms with van der Waals surface area (Å²) in [5, 5.41) is 2.79. The van der Waals surface area contributed by atoms with E-state index in [1.54, 1.807) is 19.2 Å². The summed E-state index contributed by atoms with van der Waals surface area (Å²) in [4.78, 5) is 12.1. The molecule has 0 aliphatic rings. The molecular weight excluding hydrogens is 343 g/mol. The molecule has 2 aromatic rings. The molecule has 0 bridgehead atoms. The number of rotatable bonds is 6. The molecule has 0 unspecified atom stereocenters.